The van der Waals surface area contributed by atoms with Crippen LogP contribution in [0.25, 0.3) is 0 Å². The summed E-state index contributed by atoms with van der Waals surface area (Å²) >= 11 is 10.8. The van der Waals surface area contributed by atoms with Gasteiger partial charge in [-0.1, -0.05) is 29.3 Å². The van der Waals surface area contributed by atoms with Gasteiger partial charge in [-0.3, -0.25) is 9.10 Å². The highest BCUT2D eigenvalue weighted by molar-refractivity contribution is 9.10. The Morgan fingerprint density at radius 1 is 1.09 bits per heavy atom. The molecule has 0 saturated carbocycles. The lowest BCUT2D eigenvalue weighted by molar-refractivity contribution is -0.119. The number of amides is 1. The molecule has 34 heavy (non-hydrogen) atoms. The summed E-state index contributed by atoms with van der Waals surface area (Å²) < 4.78 is 33.9. The van der Waals surface area contributed by atoms with E-state index in [-0.39, 0.29) is 11.4 Å². The van der Waals surface area contributed by atoms with E-state index in [0.29, 0.717) is 33.2 Å². The summed E-state index contributed by atoms with van der Waals surface area (Å²) in [7, 11) is -2.52. The van der Waals surface area contributed by atoms with Gasteiger partial charge in [-0.2, -0.15) is 0 Å². The summed E-state index contributed by atoms with van der Waals surface area (Å²) in [5, 5.41) is 3.47. The lowest BCUT2D eigenvalue weighted by Crippen LogP contribution is -2.41. The Labute approximate surface area is 217 Å². The third-order valence-corrected chi connectivity index (χ3v) is 8.48. The van der Waals surface area contributed by atoms with Crippen molar-refractivity contribution < 1.29 is 17.9 Å². The van der Waals surface area contributed by atoms with Gasteiger partial charge >= 0.3 is 0 Å². The molecule has 0 atom stereocenters. The van der Waals surface area contributed by atoms with E-state index in [4.69, 9.17) is 16.3 Å². The summed E-state index contributed by atoms with van der Waals surface area (Å²) in [6, 6.07) is 18.9. The maximum atomic E-state index is 13.5. The number of halogens is 2. The van der Waals surface area contributed by atoms with Crippen LogP contribution in [0.4, 0.5) is 5.69 Å². The second-order valence-electron chi connectivity index (χ2n) is 7.30. The number of carbonyl (C=O) groups excluding carboxylic acids is 1. The number of nitrogens with one attached hydrogen (secondary N) is 1. The topological polar surface area (TPSA) is 75.7 Å². The zero-order valence-corrected chi connectivity index (χ0v) is 22.6. The highest BCUT2D eigenvalue weighted by Gasteiger charge is 2.28. The van der Waals surface area contributed by atoms with Gasteiger partial charge in [0.05, 0.1) is 22.2 Å². The van der Waals surface area contributed by atoms with Crippen molar-refractivity contribution in [2.24, 2.45) is 0 Å². The van der Waals surface area contributed by atoms with E-state index in [0.717, 1.165) is 14.8 Å². The van der Waals surface area contributed by atoms with Crippen molar-refractivity contribution in [3.63, 3.8) is 0 Å². The minimum atomic E-state index is -4.02. The fourth-order valence-corrected chi connectivity index (χ4v) is 6.07. The third kappa shape index (κ3) is 6.91. The van der Waals surface area contributed by atoms with Crippen LogP contribution in [0.15, 0.2) is 81.0 Å². The third-order valence-electron chi connectivity index (χ3n) is 4.83. The van der Waals surface area contributed by atoms with Crippen LogP contribution < -0.4 is 14.4 Å². The van der Waals surface area contributed by atoms with Crippen molar-refractivity contribution in [1.29, 1.82) is 0 Å². The summed E-state index contributed by atoms with van der Waals surface area (Å²) in [5.74, 6) is 0.751. The number of anilines is 1. The van der Waals surface area contributed by atoms with Gasteiger partial charge in [0, 0.05) is 22.2 Å². The van der Waals surface area contributed by atoms with Crippen molar-refractivity contribution in [3.8, 4) is 5.75 Å². The van der Waals surface area contributed by atoms with Crippen LogP contribution in [0.2, 0.25) is 5.02 Å². The molecule has 1 amide bonds. The molecule has 0 bridgehead atoms. The molecule has 10 heteroatoms. The first kappa shape index (κ1) is 26.4. The van der Waals surface area contributed by atoms with Gasteiger partial charge in [-0.15, -0.1) is 11.8 Å². The molecule has 1 N–H and O–H groups in total. The normalized spacial score (nSPS) is 11.2. The Hall–Kier alpha value is -2.20. The summed E-state index contributed by atoms with van der Waals surface area (Å²) in [4.78, 5) is 13.8. The number of carbonyl (C=O) groups is 1. The SMILES string of the molecule is COc1ccc(S(=O)(=O)N(CC(=O)NCCSc2ccc(Cl)cc2)c2ccc(C)cc2)cc1Br. The average molecular weight is 584 g/mol. The molecule has 0 fully saturated rings. The monoisotopic (exact) mass is 582 g/mol. The number of rotatable bonds is 10. The number of thioether (sulfide) groups is 1. The number of sulfonamides is 1. The standard InChI is InChI=1S/C24H24BrClN2O4S2/c1-17-3-7-19(8-4-17)28(34(30,31)21-11-12-23(32-2)22(25)15-21)16-24(29)27-13-14-33-20-9-5-18(26)6-10-20/h3-12,15H,13-14,16H2,1-2H3,(H,27,29). The highest BCUT2D eigenvalue weighted by atomic mass is 79.9. The largest absolute Gasteiger partial charge is 0.496 e. The van der Waals surface area contributed by atoms with Crippen LogP contribution in [0.5, 0.6) is 5.75 Å². The summed E-state index contributed by atoms with van der Waals surface area (Å²) in [6.07, 6.45) is 0. The van der Waals surface area contributed by atoms with E-state index in [2.05, 4.69) is 21.2 Å². The molecule has 180 valence electrons. The number of aryl methyl sites for hydroxylation is 1. The number of benzene rings is 3. The molecule has 0 unspecified atom stereocenters. The first-order chi connectivity index (χ1) is 16.2. The Balaban J connectivity index is 1.74. The fourth-order valence-electron chi connectivity index (χ4n) is 3.04. The van der Waals surface area contributed by atoms with E-state index >= 15 is 0 Å². The van der Waals surface area contributed by atoms with Crippen LogP contribution in [-0.2, 0) is 14.8 Å². The van der Waals surface area contributed by atoms with Gasteiger partial charge in [0.15, 0.2) is 0 Å². The van der Waals surface area contributed by atoms with Crippen molar-refractivity contribution in [2.45, 2.75) is 16.7 Å². The minimum Gasteiger partial charge on any atom is -0.496 e. The van der Waals surface area contributed by atoms with E-state index in [9.17, 15) is 13.2 Å². The summed E-state index contributed by atoms with van der Waals surface area (Å²) in [5.41, 5.74) is 1.39. The summed E-state index contributed by atoms with van der Waals surface area (Å²) in [6.45, 7) is 1.96. The molecule has 0 spiro atoms. The first-order valence-corrected chi connectivity index (χ1v) is 13.9. The predicted molar refractivity (Wildman–Crippen MR) is 142 cm³/mol. The number of hydrogen-bond donors (Lipinski definition) is 1. The first-order valence-electron chi connectivity index (χ1n) is 10.3. The highest BCUT2D eigenvalue weighted by Crippen LogP contribution is 2.30. The van der Waals surface area contributed by atoms with Gasteiger partial charge in [0.1, 0.15) is 12.3 Å². The molecular weight excluding hydrogens is 560 g/mol. The van der Waals surface area contributed by atoms with Gasteiger partial charge in [-0.05, 0) is 77.5 Å². The van der Waals surface area contributed by atoms with Crippen LogP contribution in [0.1, 0.15) is 5.56 Å². The van der Waals surface area contributed by atoms with Crippen LogP contribution >= 0.6 is 39.3 Å². The maximum absolute atomic E-state index is 13.5. The van der Waals surface area contributed by atoms with Gasteiger partial charge < -0.3 is 10.1 Å². The van der Waals surface area contributed by atoms with Crippen LogP contribution in [-0.4, -0.2) is 40.3 Å². The molecule has 3 rings (SSSR count). The molecule has 0 saturated heterocycles. The Morgan fingerprint density at radius 3 is 2.38 bits per heavy atom. The van der Waals surface area contributed by atoms with Crippen molar-refractivity contribution in [3.05, 3.63) is 81.8 Å². The average Bonchev–Trinajstić information content (AvgIpc) is 2.82. The lowest BCUT2D eigenvalue weighted by atomic mass is 10.2. The van der Waals surface area contributed by atoms with Gasteiger partial charge in [-0.25, -0.2) is 8.42 Å². The maximum Gasteiger partial charge on any atom is 0.264 e. The second-order valence-corrected chi connectivity index (χ2v) is 11.6. The molecule has 0 radical (unpaired) electrons. The molecular formula is C24H24BrClN2O4S2. The van der Waals surface area contributed by atoms with Crippen molar-refractivity contribution in [2.75, 3.05) is 30.3 Å². The second kappa shape index (κ2) is 12.0. The molecule has 3 aromatic carbocycles. The van der Waals surface area contributed by atoms with E-state index in [1.54, 1.807) is 30.0 Å². The molecule has 6 nitrogen and oxygen atoms in total. The number of ether oxygens (including phenoxy) is 1. The molecule has 0 aromatic heterocycles. The molecule has 0 aliphatic heterocycles. The predicted octanol–water partition coefficient (Wildman–Crippen LogP) is 5.52. The smallest absolute Gasteiger partial charge is 0.264 e. The van der Waals surface area contributed by atoms with E-state index < -0.39 is 15.9 Å². The Morgan fingerprint density at radius 2 is 1.76 bits per heavy atom. The molecule has 0 aliphatic carbocycles. The van der Waals surface area contributed by atoms with Crippen LogP contribution in [0.3, 0.4) is 0 Å². The van der Waals surface area contributed by atoms with E-state index in [1.807, 2.05) is 43.3 Å². The van der Waals surface area contributed by atoms with Crippen LogP contribution in [0, 0.1) is 6.92 Å². The number of nitrogens with zero attached hydrogens (tertiary/aromatic N) is 1. The fraction of sp³-hybridized carbons (Fsp3) is 0.208. The molecule has 3 aromatic rings. The minimum absolute atomic E-state index is 0.0480. The van der Waals surface area contributed by atoms with E-state index in [1.165, 1.54) is 19.2 Å². The Kier molecular flexibility index (Phi) is 9.30. The zero-order valence-electron chi connectivity index (χ0n) is 18.6. The number of hydrogen-bond acceptors (Lipinski definition) is 5. The molecule has 0 heterocycles. The molecule has 0 aliphatic rings. The van der Waals surface area contributed by atoms with Crippen molar-refractivity contribution >= 4 is 60.9 Å². The van der Waals surface area contributed by atoms with Gasteiger partial charge in [0.25, 0.3) is 10.0 Å². The zero-order chi connectivity index (χ0) is 24.7. The van der Waals surface area contributed by atoms with Gasteiger partial charge in [0.2, 0.25) is 5.91 Å². The lowest BCUT2D eigenvalue weighted by Gasteiger charge is -2.24. The number of methoxy groups -OCH3 is 1. The quantitative estimate of drug-likeness (QED) is 0.251. The van der Waals surface area contributed by atoms with Crippen molar-refractivity contribution in [1.82, 2.24) is 5.32 Å². The Bertz CT molecular complexity index is 1240.